The molecular formula is C12H22N4. The van der Waals surface area contributed by atoms with Crippen LogP contribution in [-0.2, 0) is 0 Å². The van der Waals surface area contributed by atoms with E-state index in [2.05, 4.69) is 46.9 Å². The first-order chi connectivity index (χ1) is 7.61. The molecule has 0 spiro atoms. The summed E-state index contributed by atoms with van der Waals surface area (Å²) >= 11 is 0. The van der Waals surface area contributed by atoms with Crippen molar-refractivity contribution in [2.45, 2.75) is 38.8 Å². The van der Waals surface area contributed by atoms with Gasteiger partial charge in [0, 0.05) is 31.9 Å². The maximum atomic E-state index is 4.49. The fraction of sp³-hybridized carbons (Fsp3) is 0.750. The van der Waals surface area contributed by atoms with Crippen LogP contribution < -0.4 is 5.32 Å². The highest BCUT2D eigenvalue weighted by molar-refractivity contribution is 5.28. The average Bonchev–Trinajstić information content (AvgIpc) is 2.63. The summed E-state index contributed by atoms with van der Waals surface area (Å²) in [6.07, 6.45) is 4.58. The summed E-state index contributed by atoms with van der Waals surface area (Å²) < 4.78 is 2.30. The molecule has 1 aliphatic heterocycles. The number of aromatic nitrogens is 2. The molecule has 4 nitrogen and oxygen atoms in total. The summed E-state index contributed by atoms with van der Waals surface area (Å²) in [6.45, 7) is 5.52. The van der Waals surface area contributed by atoms with Crippen LogP contribution in [0.15, 0.2) is 6.20 Å². The van der Waals surface area contributed by atoms with Gasteiger partial charge in [0.2, 0.25) is 5.95 Å². The predicted molar refractivity (Wildman–Crippen MR) is 66.9 cm³/mol. The van der Waals surface area contributed by atoms with E-state index >= 15 is 0 Å². The van der Waals surface area contributed by atoms with E-state index in [9.17, 15) is 0 Å². The van der Waals surface area contributed by atoms with Gasteiger partial charge in [-0.1, -0.05) is 0 Å². The molecule has 1 aromatic heterocycles. The summed E-state index contributed by atoms with van der Waals surface area (Å²) in [7, 11) is 4.15. The zero-order chi connectivity index (χ0) is 11.7. The van der Waals surface area contributed by atoms with E-state index in [-0.39, 0.29) is 0 Å². The Morgan fingerprint density at radius 1 is 1.50 bits per heavy atom. The monoisotopic (exact) mass is 222 g/mol. The Morgan fingerprint density at radius 3 is 2.88 bits per heavy atom. The van der Waals surface area contributed by atoms with Crippen LogP contribution in [0.5, 0.6) is 0 Å². The van der Waals surface area contributed by atoms with Crippen molar-refractivity contribution in [2.24, 2.45) is 0 Å². The van der Waals surface area contributed by atoms with Crippen molar-refractivity contribution < 1.29 is 0 Å². The van der Waals surface area contributed by atoms with Gasteiger partial charge in [-0.25, -0.2) is 4.98 Å². The molecule has 0 aromatic carbocycles. The number of hydrogen-bond donors (Lipinski definition) is 1. The van der Waals surface area contributed by atoms with E-state index in [0.717, 1.165) is 11.6 Å². The molecule has 0 aliphatic carbocycles. The SMILES string of the molecule is CNc1nc(C)cn1C1CCN(C)C(C)C1. The molecule has 2 heterocycles. The number of likely N-dealkylation sites (tertiary alicyclic amines) is 1. The Bertz CT molecular complexity index is 358. The van der Waals surface area contributed by atoms with E-state index in [4.69, 9.17) is 0 Å². The van der Waals surface area contributed by atoms with Crippen LogP contribution in [0.4, 0.5) is 5.95 Å². The first-order valence-corrected chi connectivity index (χ1v) is 6.05. The van der Waals surface area contributed by atoms with Crippen molar-refractivity contribution >= 4 is 5.95 Å². The largest absolute Gasteiger partial charge is 0.359 e. The van der Waals surface area contributed by atoms with Gasteiger partial charge in [-0.05, 0) is 33.7 Å². The van der Waals surface area contributed by atoms with Gasteiger partial charge >= 0.3 is 0 Å². The lowest BCUT2D eigenvalue weighted by molar-refractivity contribution is 0.157. The van der Waals surface area contributed by atoms with E-state index in [1.54, 1.807) is 0 Å². The molecule has 0 radical (unpaired) electrons. The van der Waals surface area contributed by atoms with Crippen LogP contribution in [-0.4, -0.2) is 41.1 Å². The highest BCUT2D eigenvalue weighted by Crippen LogP contribution is 2.28. The summed E-state index contributed by atoms with van der Waals surface area (Å²) in [4.78, 5) is 6.92. The maximum absolute atomic E-state index is 4.49. The quantitative estimate of drug-likeness (QED) is 0.829. The Balaban J connectivity index is 2.17. The van der Waals surface area contributed by atoms with Crippen LogP contribution in [0.1, 0.15) is 31.5 Å². The molecule has 1 aromatic rings. The maximum Gasteiger partial charge on any atom is 0.203 e. The highest BCUT2D eigenvalue weighted by Gasteiger charge is 2.25. The fourth-order valence-electron chi connectivity index (χ4n) is 2.50. The minimum atomic E-state index is 0.592. The van der Waals surface area contributed by atoms with Gasteiger partial charge in [-0.3, -0.25) is 0 Å². The highest BCUT2D eigenvalue weighted by atomic mass is 15.2. The number of anilines is 1. The van der Waals surface area contributed by atoms with E-state index < -0.39 is 0 Å². The smallest absolute Gasteiger partial charge is 0.203 e. The van der Waals surface area contributed by atoms with Crippen molar-refractivity contribution in [3.8, 4) is 0 Å². The Labute approximate surface area is 97.7 Å². The first-order valence-electron chi connectivity index (χ1n) is 6.05. The van der Waals surface area contributed by atoms with Crippen molar-refractivity contribution in [3.05, 3.63) is 11.9 Å². The van der Waals surface area contributed by atoms with E-state index in [0.29, 0.717) is 12.1 Å². The lowest BCUT2D eigenvalue weighted by atomic mass is 9.99. The van der Waals surface area contributed by atoms with Gasteiger partial charge in [0.25, 0.3) is 0 Å². The third-order valence-corrected chi connectivity index (χ3v) is 3.65. The first kappa shape index (κ1) is 11.5. The molecule has 1 aliphatic rings. The second-order valence-corrected chi connectivity index (χ2v) is 4.87. The van der Waals surface area contributed by atoms with Gasteiger partial charge in [0.05, 0.1) is 5.69 Å². The van der Waals surface area contributed by atoms with Crippen LogP contribution in [0, 0.1) is 6.92 Å². The number of imidazole rings is 1. The lowest BCUT2D eigenvalue weighted by Crippen LogP contribution is -2.38. The van der Waals surface area contributed by atoms with Gasteiger partial charge in [0.1, 0.15) is 0 Å². The number of piperidine rings is 1. The molecule has 1 saturated heterocycles. The van der Waals surface area contributed by atoms with Crippen LogP contribution in [0.3, 0.4) is 0 Å². The van der Waals surface area contributed by atoms with E-state index in [1.807, 2.05) is 7.05 Å². The van der Waals surface area contributed by atoms with Crippen molar-refractivity contribution in [3.63, 3.8) is 0 Å². The molecule has 2 unspecified atom stereocenters. The predicted octanol–water partition coefficient (Wildman–Crippen LogP) is 1.89. The van der Waals surface area contributed by atoms with Gasteiger partial charge in [0.15, 0.2) is 0 Å². The molecule has 1 N–H and O–H groups in total. The molecular weight excluding hydrogens is 200 g/mol. The van der Waals surface area contributed by atoms with Gasteiger partial charge in [-0.2, -0.15) is 0 Å². The second-order valence-electron chi connectivity index (χ2n) is 4.87. The topological polar surface area (TPSA) is 33.1 Å². The Kier molecular flexibility index (Phi) is 3.19. The van der Waals surface area contributed by atoms with E-state index in [1.165, 1.54) is 19.4 Å². The van der Waals surface area contributed by atoms with Gasteiger partial charge in [-0.15, -0.1) is 0 Å². The van der Waals surface area contributed by atoms with Crippen molar-refractivity contribution in [1.82, 2.24) is 14.5 Å². The molecule has 16 heavy (non-hydrogen) atoms. The molecule has 2 rings (SSSR count). The summed E-state index contributed by atoms with van der Waals surface area (Å²) in [5.41, 5.74) is 1.09. The van der Waals surface area contributed by atoms with Crippen LogP contribution in [0.25, 0.3) is 0 Å². The molecule has 4 heteroatoms. The number of hydrogen-bond acceptors (Lipinski definition) is 3. The standard InChI is InChI=1S/C12H22N4/c1-9-8-16(12(13-3)14-9)11-5-6-15(4)10(2)7-11/h8,10-11H,5-7H2,1-4H3,(H,13,14). The Hall–Kier alpha value is -1.03. The molecule has 2 atom stereocenters. The normalized spacial score (nSPS) is 27.0. The number of nitrogens with one attached hydrogen (secondary N) is 1. The molecule has 0 amide bonds. The summed E-state index contributed by atoms with van der Waals surface area (Å²) in [5.74, 6) is 0.999. The molecule has 1 fully saturated rings. The number of rotatable bonds is 2. The number of aryl methyl sites for hydroxylation is 1. The van der Waals surface area contributed by atoms with Crippen LogP contribution in [0.2, 0.25) is 0 Å². The third kappa shape index (κ3) is 2.07. The van der Waals surface area contributed by atoms with Crippen molar-refractivity contribution in [2.75, 3.05) is 26.0 Å². The van der Waals surface area contributed by atoms with Crippen LogP contribution >= 0.6 is 0 Å². The Morgan fingerprint density at radius 2 is 2.25 bits per heavy atom. The average molecular weight is 222 g/mol. The summed E-state index contributed by atoms with van der Waals surface area (Å²) in [6, 6.07) is 1.25. The molecule has 0 saturated carbocycles. The van der Waals surface area contributed by atoms with Gasteiger partial charge < -0.3 is 14.8 Å². The minimum absolute atomic E-state index is 0.592. The minimum Gasteiger partial charge on any atom is -0.359 e. The second kappa shape index (κ2) is 4.45. The zero-order valence-corrected chi connectivity index (χ0v) is 10.7. The lowest BCUT2D eigenvalue weighted by Gasteiger charge is -2.36. The molecule has 90 valence electrons. The fourth-order valence-corrected chi connectivity index (χ4v) is 2.50. The zero-order valence-electron chi connectivity index (χ0n) is 10.7. The summed E-state index contributed by atoms with van der Waals surface area (Å²) in [5, 5.41) is 3.18. The van der Waals surface area contributed by atoms with Crippen molar-refractivity contribution in [1.29, 1.82) is 0 Å². The number of nitrogens with zero attached hydrogens (tertiary/aromatic N) is 3. The third-order valence-electron chi connectivity index (χ3n) is 3.65. The molecule has 0 bridgehead atoms.